The number of nitrogens with zero attached hydrogens (tertiary/aromatic N) is 1. The number of para-hydroxylation sites is 1. The van der Waals surface area contributed by atoms with Gasteiger partial charge in [-0.15, -0.1) is 0 Å². The van der Waals surface area contributed by atoms with Crippen LogP contribution in [0.5, 0.6) is 0 Å². The Bertz CT molecular complexity index is 560. The van der Waals surface area contributed by atoms with Gasteiger partial charge >= 0.3 is 5.97 Å². The average Bonchev–Trinajstić information content (AvgIpc) is 3.04. The van der Waals surface area contributed by atoms with E-state index < -0.39 is 11.4 Å². The molecular weight excluding hydrogens is 280 g/mol. The van der Waals surface area contributed by atoms with Gasteiger partial charge in [-0.05, 0) is 30.9 Å². The van der Waals surface area contributed by atoms with Crippen LogP contribution in [0.3, 0.4) is 0 Å². The number of anilines is 1. The second-order valence-electron chi connectivity index (χ2n) is 6.45. The van der Waals surface area contributed by atoms with Crippen molar-refractivity contribution in [2.75, 3.05) is 25.0 Å². The van der Waals surface area contributed by atoms with Gasteiger partial charge in [0.05, 0.1) is 5.41 Å². The van der Waals surface area contributed by atoms with E-state index in [-0.39, 0.29) is 11.8 Å². The topological polar surface area (TPSA) is 69.6 Å². The molecule has 3 rings (SSSR count). The normalized spacial score (nSPS) is 27.5. The summed E-state index contributed by atoms with van der Waals surface area (Å²) in [7, 11) is 0. The molecule has 1 aromatic carbocycles. The number of carbonyl (C=O) groups excluding carboxylic acids is 1. The SMILES string of the molecule is O=C(CCN1C[C@@H]2CCC[C@@]2(C(=O)O)C1)Nc1ccccc1. The van der Waals surface area contributed by atoms with Gasteiger partial charge in [-0.3, -0.25) is 9.59 Å². The summed E-state index contributed by atoms with van der Waals surface area (Å²) in [5.74, 6) is -0.430. The molecule has 2 aliphatic rings. The van der Waals surface area contributed by atoms with E-state index in [9.17, 15) is 14.7 Å². The summed E-state index contributed by atoms with van der Waals surface area (Å²) in [5.41, 5.74) is 0.239. The fourth-order valence-corrected chi connectivity index (χ4v) is 3.92. The van der Waals surface area contributed by atoms with Crippen LogP contribution in [-0.2, 0) is 9.59 Å². The Balaban J connectivity index is 1.51. The second kappa shape index (κ2) is 6.08. The summed E-state index contributed by atoms with van der Waals surface area (Å²) >= 11 is 0. The number of likely N-dealkylation sites (tertiary alicyclic amines) is 1. The first-order valence-electron chi connectivity index (χ1n) is 7.91. The number of benzene rings is 1. The molecule has 0 spiro atoms. The van der Waals surface area contributed by atoms with Gasteiger partial charge in [0, 0.05) is 31.7 Å². The number of hydrogen-bond acceptors (Lipinski definition) is 3. The maximum absolute atomic E-state index is 12.0. The van der Waals surface area contributed by atoms with Gasteiger partial charge in [-0.25, -0.2) is 0 Å². The van der Waals surface area contributed by atoms with Crippen molar-refractivity contribution >= 4 is 17.6 Å². The van der Waals surface area contributed by atoms with E-state index in [0.717, 1.165) is 31.5 Å². The van der Waals surface area contributed by atoms with Crippen LogP contribution in [0.1, 0.15) is 25.7 Å². The van der Waals surface area contributed by atoms with Gasteiger partial charge in [0.1, 0.15) is 0 Å². The van der Waals surface area contributed by atoms with Crippen molar-refractivity contribution in [1.82, 2.24) is 4.90 Å². The van der Waals surface area contributed by atoms with E-state index in [0.29, 0.717) is 19.5 Å². The number of carboxylic acid groups (broad SMARTS) is 1. The minimum Gasteiger partial charge on any atom is -0.481 e. The van der Waals surface area contributed by atoms with Gasteiger partial charge in [-0.1, -0.05) is 24.6 Å². The number of hydrogen-bond donors (Lipinski definition) is 2. The van der Waals surface area contributed by atoms with Crippen LogP contribution >= 0.6 is 0 Å². The van der Waals surface area contributed by atoms with E-state index >= 15 is 0 Å². The fourth-order valence-electron chi connectivity index (χ4n) is 3.92. The average molecular weight is 302 g/mol. The number of carbonyl (C=O) groups is 2. The highest BCUT2D eigenvalue weighted by Gasteiger charge is 2.54. The molecule has 1 heterocycles. The summed E-state index contributed by atoms with van der Waals surface area (Å²) in [4.78, 5) is 25.7. The Kier molecular flexibility index (Phi) is 4.16. The van der Waals surface area contributed by atoms with Gasteiger partial charge in [0.15, 0.2) is 0 Å². The Morgan fingerprint density at radius 2 is 2.09 bits per heavy atom. The number of rotatable bonds is 5. The smallest absolute Gasteiger partial charge is 0.311 e. The van der Waals surface area contributed by atoms with Gasteiger partial charge in [0.2, 0.25) is 5.91 Å². The molecule has 2 atom stereocenters. The van der Waals surface area contributed by atoms with Crippen molar-refractivity contribution in [3.63, 3.8) is 0 Å². The number of amides is 1. The second-order valence-corrected chi connectivity index (χ2v) is 6.45. The molecule has 22 heavy (non-hydrogen) atoms. The Morgan fingerprint density at radius 3 is 2.77 bits per heavy atom. The third kappa shape index (κ3) is 2.86. The van der Waals surface area contributed by atoms with E-state index in [2.05, 4.69) is 10.2 Å². The van der Waals surface area contributed by atoms with E-state index in [1.54, 1.807) is 0 Å². The molecule has 2 N–H and O–H groups in total. The molecule has 1 saturated heterocycles. The summed E-state index contributed by atoms with van der Waals surface area (Å²) < 4.78 is 0. The first-order chi connectivity index (χ1) is 10.6. The van der Waals surface area contributed by atoms with Crippen LogP contribution in [0.4, 0.5) is 5.69 Å². The molecule has 5 nitrogen and oxygen atoms in total. The number of nitrogens with one attached hydrogen (secondary N) is 1. The molecule has 0 bridgehead atoms. The minimum atomic E-state index is -0.661. The lowest BCUT2D eigenvalue weighted by molar-refractivity contribution is -0.149. The van der Waals surface area contributed by atoms with Crippen molar-refractivity contribution in [2.45, 2.75) is 25.7 Å². The number of carboxylic acids is 1. The van der Waals surface area contributed by atoms with Gasteiger partial charge in [-0.2, -0.15) is 0 Å². The summed E-state index contributed by atoms with van der Waals surface area (Å²) in [6.45, 7) is 2.03. The van der Waals surface area contributed by atoms with E-state index in [1.807, 2.05) is 30.3 Å². The summed E-state index contributed by atoms with van der Waals surface area (Å²) in [6.07, 6.45) is 3.19. The molecule has 1 aromatic rings. The molecule has 1 saturated carbocycles. The van der Waals surface area contributed by atoms with Crippen LogP contribution in [0.2, 0.25) is 0 Å². The van der Waals surface area contributed by atoms with Crippen LogP contribution < -0.4 is 5.32 Å². The Morgan fingerprint density at radius 1 is 1.32 bits per heavy atom. The quantitative estimate of drug-likeness (QED) is 0.875. The summed E-state index contributed by atoms with van der Waals surface area (Å²) in [5, 5.41) is 12.4. The molecule has 1 aliphatic heterocycles. The first-order valence-corrected chi connectivity index (χ1v) is 7.91. The van der Waals surface area contributed by atoms with Crippen molar-refractivity contribution in [3.8, 4) is 0 Å². The molecule has 1 aliphatic carbocycles. The van der Waals surface area contributed by atoms with Crippen LogP contribution in [0, 0.1) is 11.3 Å². The standard InChI is InChI=1S/C17H22N2O3/c20-15(18-14-6-2-1-3-7-14)8-10-19-11-13-5-4-9-17(13,12-19)16(21)22/h1-3,6-7,13H,4-5,8-12H2,(H,18,20)(H,21,22)/t13-,17+/m0/s1. The molecule has 5 heteroatoms. The molecule has 0 radical (unpaired) electrons. The molecule has 2 fully saturated rings. The Labute approximate surface area is 130 Å². The highest BCUT2D eigenvalue weighted by molar-refractivity contribution is 5.90. The molecular formula is C17H22N2O3. The van der Waals surface area contributed by atoms with Crippen LogP contribution in [0.25, 0.3) is 0 Å². The van der Waals surface area contributed by atoms with Gasteiger partial charge in [0.25, 0.3) is 0 Å². The third-order valence-corrected chi connectivity index (χ3v) is 5.08. The molecule has 0 unspecified atom stereocenters. The zero-order chi connectivity index (χ0) is 15.6. The lowest BCUT2D eigenvalue weighted by Gasteiger charge is -2.23. The largest absolute Gasteiger partial charge is 0.481 e. The highest BCUT2D eigenvalue weighted by atomic mass is 16.4. The van der Waals surface area contributed by atoms with Crippen molar-refractivity contribution in [1.29, 1.82) is 0 Å². The lowest BCUT2D eigenvalue weighted by atomic mass is 9.81. The fraction of sp³-hybridized carbons (Fsp3) is 0.529. The molecule has 0 aromatic heterocycles. The number of fused-ring (bicyclic) bond motifs is 1. The zero-order valence-electron chi connectivity index (χ0n) is 12.6. The minimum absolute atomic E-state index is 0.0207. The maximum Gasteiger partial charge on any atom is 0.311 e. The first kappa shape index (κ1) is 15.0. The summed E-state index contributed by atoms with van der Waals surface area (Å²) in [6, 6.07) is 9.39. The molecule has 1 amide bonds. The van der Waals surface area contributed by atoms with Crippen LogP contribution in [-0.4, -0.2) is 41.5 Å². The van der Waals surface area contributed by atoms with Crippen molar-refractivity contribution in [3.05, 3.63) is 30.3 Å². The van der Waals surface area contributed by atoms with Crippen LogP contribution in [0.15, 0.2) is 30.3 Å². The third-order valence-electron chi connectivity index (χ3n) is 5.08. The maximum atomic E-state index is 12.0. The monoisotopic (exact) mass is 302 g/mol. The van der Waals surface area contributed by atoms with Crippen molar-refractivity contribution < 1.29 is 14.7 Å². The Hall–Kier alpha value is -1.88. The highest BCUT2D eigenvalue weighted by Crippen LogP contribution is 2.48. The van der Waals surface area contributed by atoms with Gasteiger partial charge < -0.3 is 15.3 Å². The van der Waals surface area contributed by atoms with E-state index in [4.69, 9.17) is 0 Å². The lowest BCUT2D eigenvalue weighted by Crippen LogP contribution is -2.36. The molecule has 118 valence electrons. The predicted molar refractivity (Wildman–Crippen MR) is 83.5 cm³/mol. The predicted octanol–water partition coefficient (Wildman–Crippen LogP) is 2.20. The number of aliphatic carboxylic acids is 1. The zero-order valence-corrected chi connectivity index (χ0v) is 12.6. The van der Waals surface area contributed by atoms with E-state index in [1.165, 1.54) is 0 Å². The van der Waals surface area contributed by atoms with Crippen molar-refractivity contribution in [2.24, 2.45) is 11.3 Å².